The monoisotopic (exact) mass is 255 g/mol. The van der Waals surface area contributed by atoms with Crippen molar-refractivity contribution in [2.45, 2.75) is 45.7 Å². The summed E-state index contributed by atoms with van der Waals surface area (Å²) in [5, 5.41) is 3.37. The van der Waals surface area contributed by atoms with Crippen LogP contribution in [0.15, 0.2) is 0 Å². The minimum absolute atomic E-state index is 0.0262. The van der Waals surface area contributed by atoms with Crippen LogP contribution in [0.1, 0.15) is 33.6 Å². The molecule has 0 radical (unpaired) electrons. The zero-order chi connectivity index (χ0) is 13.7. The molecular formula is C14H29N3O. The van der Waals surface area contributed by atoms with Crippen molar-refractivity contribution in [3.8, 4) is 0 Å². The summed E-state index contributed by atoms with van der Waals surface area (Å²) in [6, 6.07) is 0.301. The summed E-state index contributed by atoms with van der Waals surface area (Å²) in [5.74, 6) is 0.932. The summed E-state index contributed by atoms with van der Waals surface area (Å²) < 4.78 is 0. The first kappa shape index (κ1) is 15.4. The number of rotatable bonds is 5. The van der Waals surface area contributed by atoms with E-state index in [0.717, 1.165) is 26.1 Å². The van der Waals surface area contributed by atoms with E-state index in [9.17, 15) is 4.79 Å². The molecule has 1 amide bonds. The summed E-state index contributed by atoms with van der Waals surface area (Å²) in [5.41, 5.74) is 0. The van der Waals surface area contributed by atoms with Crippen LogP contribution in [0, 0.1) is 5.92 Å². The van der Waals surface area contributed by atoms with Gasteiger partial charge in [-0.3, -0.25) is 4.79 Å². The smallest absolute Gasteiger partial charge is 0.239 e. The molecular weight excluding hydrogens is 226 g/mol. The number of carbonyl (C=O) groups excluding carboxylic acids is 1. The van der Waals surface area contributed by atoms with Gasteiger partial charge in [-0.05, 0) is 53.2 Å². The molecule has 3 unspecified atom stereocenters. The van der Waals surface area contributed by atoms with Gasteiger partial charge in [0.2, 0.25) is 5.91 Å². The molecule has 1 rings (SSSR count). The fourth-order valence-electron chi connectivity index (χ4n) is 2.81. The fraction of sp³-hybridized carbons (Fsp3) is 0.929. The second kappa shape index (κ2) is 7.10. The molecule has 0 aromatic carbocycles. The van der Waals surface area contributed by atoms with Gasteiger partial charge < -0.3 is 15.1 Å². The molecule has 1 saturated heterocycles. The van der Waals surface area contributed by atoms with Crippen LogP contribution in [-0.2, 0) is 4.79 Å². The van der Waals surface area contributed by atoms with Crippen molar-refractivity contribution in [3.63, 3.8) is 0 Å². The lowest BCUT2D eigenvalue weighted by molar-refractivity contribution is -0.136. The fourth-order valence-corrected chi connectivity index (χ4v) is 2.81. The molecule has 1 N–H and O–H groups in total. The maximum atomic E-state index is 12.5. The Morgan fingerprint density at radius 2 is 2.11 bits per heavy atom. The van der Waals surface area contributed by atoms with Crippen LogP contribution >= 0.6 is 0 Å². The van der Waals surface area contributed by atoms with Gasteiger partial charge in [0.1, 0.15) is 0 Å². The van der Waals surface area contributed by atoms with E-state index in [1.807, 2.05) is 4.90 Å². The highest BCUT2D eigenvalue weighted by atomic mass is 16.2. The minimum atomic E-state index is 0.0262. The van der Waals surface area contributed by atoms with E-state index in [1.165, 1.54) is 6.42 Å². The third-order valence-corrected chi connectivity index (χ3v) is 3.75. The van der Waals surface area contributed by atoms with Crippen molar-refractivity contribution in [1.82, 2.24) is 15.1 Å². The molecule has 4 heteroatoms. The Labute approximate surface area is 112 Å². The highest BCUT2D eigenvalue weighted by Crippen LogP contribution is 2.17. The van der Waals surface area contributed by atoms with Crippen molar-refractivity contribution in [2.24, 2.45) is 5.92 Å². The summed E-state index contributed by atoms with van der Waals surface area (Å²) in [4.78, 5) is 16.7. The number of nitrogens with zero attached hydrogens (tertiary/aromatic N) is 2. The molecule has 1 heterocycles. The molecule has 1 fully saturated rings. The predicted molar refractivity (Wildman–Crippen MR) is 75.6 cm³/mol. The predicted octanol–water partition coefficient (Wildman–Crippen LogP) is 1.17. The minimum Gasteiger partial charge on any atom is -0.338 e. The molecule has 106 valence electrons. The standard InChI is InChI=1S/C14H29N3O/c1-6-17(12(3)10-16(4)5)14(18)13-9-11(2)7-8-15-13/h11-13,15H,6-10H2,1-5H3. The Morgan fingerprint density at radius 3 is 2.61 bits per heavy atom. The Hall–Kier alpha value is -0.610. The van der Waals surface area contributed by atoms with E-state index in [4.69, 9.17) is 0 Å². The van der Waals surface area contributed by atoms with Gasteiger partial charge in [0.25, 0.3) is 0 Å². The van der Waals surface area contributed by atoms with Crippen molar-refractivity contribution >= 4 is 5.91 Å². The molecule has 0 spiro atoms. The lowest BCUT2D eigenvalue weighted by Gasteiger charge is -2.36. The molecule has 0 aromatic heterocycles. The Bertz CT molecular complexity index is 268. The highest BCUT2D eigenvalue weighted by Gasteiger charge is 2.29. The largest absolute Gasteiger partial charge is 0.338 e. The van der Waals surface area contributed by atoms with Gasteiger partial charge in [-0.15, -0.1) is 0 Å². The van der Waals surface area contributed by atoms with E-state index in [2.05, 4.69) is 45.1 Å². The number of nitrogens with one attached hydrogen (secondary N) is 1. The third-order valence-electron chi connectivity index (χ3n) is 3.75. The van der Waals surface area contributed by atoms with Crippen LogP contribution < -0.4 is 5.32 Å². The van der Waals surface area contributed by atoms with Gasteiger partial charge in [-0.2, -0.15) is 0 Å². The zero-order valence-corrected chi connectivity index (χ0v) is 12.6. The van der Waals surface area contributed by atoms with E-state index in [-0.39, 0.29) is 18.0 Å². The van der Waals surface area contributed by atoms with Gasteiger partial charge in [-0.25, -0.2) is 0 Å². The van der Waals surface area contributed by atoms with Gasteiger partial charge in [0.05, 0.1) is 6.04 Å². The SMILES string of the molecule is CCN(C(=O)C1CC(C)CCN1)C(C)CN(C)C. The Balaban J connectivity index is 2.60. The number of carbonyl (C=O) groups is 1. The summed E-state index contributed by atoms with van der Waals surface area (Å²) in [6.45, 7) is 9.12. The molecule has 3 atom stereocenters. The van der Waals surface area contributed by atoms with Crippen LogP contribution in [0.3, 0.4) is 0 Å². The maximum absolute atomic E-state index is 12.5. The van der Waals surface area contributed by atoms with Gasteiger partial charge >= 0.3 is 0 Å². The number of piperidine rings is 1. The third kappa shape index (κ3) is 4.25. The molecule has 0 aromatic rings. The van der Waals surface area contributed by atoms with E-state index < -0.39 is 0 Å². The average molecular weight is 255 g/mol. The van der Waals surface area contributed by atoms with E-state index in [1.54, 1.807) is 0 Å². The molecule has 0 bridgehead atoms. The van der Waals surface area contributed by atoms with Crippen LogP contribution in [0.25, 0.3) is 0 Å². The van der Waals surface area contributed by atoms with Crippen molar-refractivity contribution in [1.29, 1.82) is 0 Å². The first-order chi connectivity index (χ1) is 8.45. The van der Waals surface area contributed by atoms with Gasteiger partial charge in [0, 0.05) is 19.1 Å². The average Bonchev–Trinajstić information content (AvgIpc) is 2.28. The van der Waals surface area contributed by atoms with Crippen LogP contribution in [0.5, 0.6) is 0 Å². The molecule has 1 aliphatic heterocycles. The van der Waals surface area contributed by atoms with E-state index in [0.29, 0.717) is 5.92 Å². The zero-order valence-electron chi connectivity index (χ0n) is 12.6. The molecule has 0 aliphatic carbocycles. The highest BCUT2D eigenvalue weighted by molar-refractivity contribution is 5.82. The maximum Gasteiger partial charge on any atom is 0.239 e. The molecule has 4 nitrogen and oxygen atoms in total. The van der Waals surface area contributed by atoms with Crippen LogP contribution in [0.4, 0.5) is 0 Å². The first-order valence-corrected chi connectivity index (χ1v) is 7.14. The van der Waals surface area contributed by atoms with Crippen molar-refractivity contribution in [3.05, 3.63) is 0 Å². The lowest BCUT2D eigenvalue weighted by Crippen LogP contribution is -2.54. The summed E-state index contributed by atoms with van der Waals surface area (Å²) in [6.07, 6.45) is 2.16. The summed E-state index contributed by atoms with van der Waals surface area (Å²) >= 11 is 0. The molecule has 18 heavy (non-hydrogen) atoms. The lowest BCUT2D eigenvalue weighted by atomic mass is 9.93. The topological polar surface area (TPSA) is 35.6 Å². The number of amides is 1. The van der Waals surface area contributed by atoms with Crippen LogP contribution in [-0.4, -0.2) is 61.5 Å². The Kier molecular flexibility index (Phi) is 6.09. The van der Waals surface area contributed by atoms with Crippen molar-refractivity contribution in [2.75, 3.05) is 33.7 Å². The van der Waals surface area contributed by atoms with Gasteiger partial charge in [-0.1, -0.05) is 6.92 Å². The molecule has 1 aliphatic rings. The van der Waals surface area contributed by atoms with Crippen molar-refractivity contribution < 1.29 is 4.79 Å². The van der Waals surface area contributed by atoms with E-state index >= 15 is 0 Å². The number of hydrogen-bond donors (Lipinski definition) is 1. The quantitative estimate of drug-likeness (QED) is 0.801. The summed E-state index contributed by atoms with van der Waals surface area (Å²) in [7, 11) is 4.10. The van der Waals surface area contributed by atoms with Crippen LogP contribution in [0.2, 0.25) is 0 Å². The second-order valence-electron chi connectivity index (χ2n) is 5.87. The molecule has 0 saturated carbocycles. The second-order valence-corrected chi connectivity index (χ2v) is 5.87. The first-order valence-electron chi connectivity index (χ1n) is 7.14. The number of likely N-dealkylation sites (N-methyl/N-ethyl adjacent to an activating group) is 2. The number of hydrogen-bond acceptors (Lipinski definition) is 3. The Morgan fingerprint density at radius 1 is 1.44 bits per heavy atom. The normalized spacial score (nSPS) is 26.1. The van der Waals surface area contributed by atoms with Gasteiger partial charge in [0.15, 0.2) is 0 Å².